The van der Waals surface area contributed by atoms with E-state index in [0.29, 0.717) is 17.1 Å². The Hall–Kier alpha value is -2.49. The van der Waals surface area contributed by atoms with Crippen LogP contribution in [-0.4, -0.2) is 5.97 Å². The average molecular weight is 228 g/mol. The third-order valence-electron chi connectivity index (χ3n) is 2.40. The van der Waals surface area contributed by atoms with Gasteiger partial charge >= 0.3 is 5.97 Å². The quantitative estimate of drug-likeness (QED) is 0.357. The maximum Gasteiger partial charge on any atom is 0.335 e. The van der Waals surface area contributed by atoms with Crippen LogP contribution in [0.5, 0.6) is 5.75 Å². The number of carbonyl (C=O) groups is 1. The van der Waals surface area contributed by atoms with Gasteiger partial charge in [0.05, 0.1) is 0 Å². The van der Waals surface area contributed by atoms with E-state index >= 15 is 0 Å². The van der Waals surface area contributed by atoms with Gasteiger partial charge in [-0.25, -0.2) is 4.79 Å². The van der Waals surface area contributed by atoms with Crippen molar-refractivity contribution >= 4 is 28.1 Å². The smallest absolute Gasteiger partial charge is 0.335 e. The van der Waals surface area contributed by atoms with Crippen LogP contribution in [0.4, 0.5) is 11.4 Å². The van der Waals surface area contributed by atoms with Crippen LogP contribution in [0.15, 0.2) is 43.0 Å². The maximum absolute atomic E-state index is 11.1. The van der Waals surface area contributed by atoms with E-state index in [-0.39, 0.29) is 0 Å². The molecule has 2 aromatic carbocycles. The summed E-state index contributed by atoms with van der Waals surface area (Å²) < 4.78 is 5.01. The normalized spacial score (nSPS) is 10.1. The summed E-state index contributed by atoms with van der Waals surface area (Å²) in [5.74, 6) is -0.141. The zero-order valence-corrected chi connectivity index (χ0v) is 9.14. The lowest BCUT2D eigenvalue weighted by molar-refractivity contribution is -0.128. The number of fused-ring (bicyclic) bond motifs is 1. The topological polar surface area (TPSA) is 78.3 Å². The predicted molar refractivity (Wildman–Crippen MR) is 68.6 cm³/mol. The summed E-state index contributed by atoms with van der Waals surface area (Å²) in [5, 5.41) is 1.60. The Morgan fingerprint density at radius 3 is 2.71 bits per heavy atom. The second kappa shape index (κ2) is 4.17. The molecular formula is C13H12N2O2. The van der Waals surface area contributed by atoms with Gasteiger partial charge in [0.15, 0.2) is 0 Å². The van der Waals surface area contributed by atoms with E-state index in [9.17, 15) is 4.79 Å². The van der Waals surface area contributed by atoms with E-state index in [0.717, 1.165) is 16.8 Å². The van der Waals surface area contributed by atoms with Crippen molar-refractivity contribution in [2.24, 2.45) is 0 Å². The minimum absolute atomic E-state index is 0.380. The maximum atomic E-state index is 11.1. The van der Waals surface area contributed by atoms with Gasteiger partial charge < -0.3 is 16.2 Å². The number of hydrogen-bond acceptors (Lipinski definition) is 4. The standard InChI is InChI=1S/C13H12N2O2/c1-2-12(16)17-9-6-8-4-3-5-10(14)13(8)11(15)7-9/h2-7H,1,14-15H2. The molecule has 0 aromatic heterocycles. The van der Waals surface area contributed by atoms with Crippen LogP contribution < -0.4 is 16.2 Å². The van der Waals surface area contributed by atoms with Crippen molar-refractivity contribution < 1.29 is 9.53 Å². The Morgan fingerprint density at radius 1 is 1.24 bits per heavy atom. The van der Waals surface area contributed by atoms with Crippen molar-refractivity contribution in [3.63, 3.8) is 0 Å². The van der Waals surface area contributed by atoms with Crippen LogP contribution >= 0.6 is 0 Å². The number of rotatable bonds is 2. The molecule has 0 aliphatic rings. The SMILES string of the molecule is C=CC(=O)Oc1cc(N)c2c(N)cccc2c1. The molecule has 4 nitrogen and oxygen atoms in total. The lowest BCUT2D eigenvalue weighted by atomic mass is 10.1. The van der Waals surface area contributed by atoms with Crippen LogP contribution in [0.3, 0.4) is 0 Å². The largest absolute Gasteiger partial charge is 0.423 e. The highest BCUT2D eigenvalue weighted by Crippen LogP contribution is 2.31. The number of ether oxygens (including phenoxy) is 1. The molecule has 2 aromatic rings. The highest BCUT2D eigenvalue weighted by molar-refractivity contribution is 6.02. The molecule has 0 aliphatic heterocycles. The fourth-order valence-electron chi connectivity index (χ4n) is 1.68. The molecule has 0 radical (unpaired) electrons. The summed E-state index contributed by atoms with van der Waals surface area (Å²) in [6, 6.07) is 8.72. The number of anilines is 2. The van der Waals surface area contributed by atoms with E-state index in [4.69, 9.17) is 16.2 Å². The number of nitrogen functional groups attached to an aromatic ring is 2. The summed E-state index contributed by atoms with van der Waals surface area (Å²) in [6.45, 7) is 3.33. The van der Waals surface area contributed by atoms with E-state index in [1.807, 2.05) is 12.1 Å². The van der Waals surface area contributed by atoms with Crippen molar-refractivity contribution in [1.82, 2.24) is 0 Å². The Kier molecular flexibility index (Phi) is 2.70. The molecular weight excluding hydrogens is 216 g/mol. The molecule has 0 heterocycles. The van der Waals surface area contributed by atoms with E-state index < -0.39 is 5.97 Å². The van der Waals surface area contributed by atoms with Crippen LogP contribution in [-0.2, 0) is 4.79 Å². The van der Waals surface area contributed by atoms with Gasteiger partial charge in [0, 0.05) is 28.9 Å². The zero-order chi connectivity index (χ0) is 12.4. The molecule has 4 heteroatoms. The van der Waals surface area contributed by atoms with Crippen molar-refractivity contribution in [1.29, 1.82) is 0 Å². The lowest BCUT2D eigenvalue weighted by Crippen LogP contribution is -2.04. The molecule has 0 unspecified atom stereocenters. The van der Waals surface area contributed by atoms with Crippen LogP contribution in [0.1, 0.15) is 0 Å². The molecule has 0 bridgehead atoms. The van der Waals surface area contributed by atoms with Crippen molar-refractivity contribution in [3.05, 3.63) is 43.0 Å². The van der Waals surface area contributed by atoms with Gasteiger partial charge in [-0.05, 0) is 17.5 Å². The third-order valence-corrected chi connectivity index (χ3v) is 2.40. The minimum Gasteiger partial charge on any atom is -0.423 e. The average Bonchev–Trinajstić information content (AvgIpc) is 2.28. The van der Waals surface area contributed by atoms with E-state index in [2.05, 4.69) is 6.58 Å². The first-order valence-electron chi connectivity index (χ1n) is 5.04. The fourth-order valence-corrected chi connectivity index (χ4v) is 1.68. The van der Waals surface area contributed by atoms with Crippen molar-refractivity contribution in [3.8, 4) is 5.75 Å². The van der Waals surface area contributed by atoms with Gasteiger partial charge in [0.2, 0.25) is 0 Å². The first-order chi connectivity index (χ1) is 8.11. The molecule has 4 N–H and O–H groups in total. The second-order valence-corrected chi connectivity index (χ2v) is 3.58. The highest BCUT2D eigenvalue weighted by Gasteiger charge is 2.07. The molecule has 17 heavy (non-hydrogen) atoms. The van der Waals surface area contributed by atoms with E-state index in [1.165, 1.54) is 0 Å². The number of hydrogen-bond donors (Lipinski definition) is 2. The lowest BCUT2D eigenvalue weighted by Gasteiger charge is -2.08. The Labute approximate surface area is 98.5 Å². The second-order valence-electron chi connectivity index (χ2n) is 3.58. The molecule has 0 amide bonds. The molecule has 0 saturated carbocycles. The Morgan fingerprint density at radius 2 is 2.00 bits per heavy atom. The van der Waals surface area contributed by atoms with Crippen molar-refractivity contribution in [2.45, 2.75) is 0 Å². The molecule has 86 valence electrons. The predicted octanol–water partition coefficient (Wildman–Crippen LogP) is 2.10. The summed E-state index contributed by atoms with van der Waals surface area (Å²) >= 11 is 0. The van der Waals surface area contributed by atoms with Gasteiger partial charge in [-0.3, -0.25) is 0 Å². The first-order valence-corrected chi connectivity index (χ1v) is 5.04. The molecule has 0 spiro atoms. The third kappa shape index (κ3) is 2.06. The fraction of sp³-hybridized carbons (Fsp3) is 0. The number of esters is 1. The van der Waals surface area contributed by atoms with Crippen LogP contribution in [0.2, 0.25) is 0 Å². The highest BCUT2D eigenvalue weighted by atomic mass is 16.5. The van der Waals surface area contributed by atoms with Crippen LogP contribution in [0.25, 0.3) is 10.8 Å². The number of nitrogens with two attached hydrogens (primary N) is 2. The van der Waals surface area contributed by atoms with E-state index in [1.54, 1.807) is 18.2 Å². The summed E-state index contributed by atoms with van der Waals surface area (Å²) in [4.78, 5) is 11.1. The van der Waals surface area contributed by atoms with Gasteiger partial charge in [-0.2, -0.15) is 0 Å². The van der Waals surface area contributed by atoms with Crippen molar-refractivity contribution in [2.75, 3.05) is 11.5 Å². The Balaban J connectivity index is 2.56. The molecule has 0 aliphatic carbocycles. The molecule has 0 atom stereocenters. The number of carbonyl (C=O) groups excluding carboxylic acids is 1. The molecule has 0 saturated heterocycles. The van der Waals surface area contributed by atoms with Gasteiger partial charge in [0.1, 0.15) is 5.75 Å². The number of benzene rings is 2. The summed E-state index contributed by atoms with van der Waals surface area (Å²) in [7, 11) is 0. The summed E-state index contributed by atoms with van der Waals surface area (Å²) in [6.07, 6.45) is 1.10. The molecule has 2 rings (SSSR count). The molecule has 0 fully saturated rings. The van der Waals surface area contributed by atoms with Crippen LogP contribution in [0, 0.1) is 0 Å². The Bertz CT molecular complexity index is 606. The van der Waals surface area contributed by atoms with Gasteiger partial charge in [0.25, 0.3) is 0 Å². The summed E-state index contributed by atoms with van der Waals surface area (Å²) in [5.41, 5.74) is 12.8. The first kappa shape index (κ1) is 11.0. The monoisotopic (exact) mass is 228 g/mol. The van der Waals surface area contributed by atoms with Gasteiger partial charge in [-0.1, -0.05) is 18.7 Å². The zero-order valence-electron chi connectivity index (χ0n) is 9.14. The minimum atomic E-state index is -0.521. The van der Waals surface area contributed by atoms with Gasteiger partial charge in [-0.15, -0.1) is 0 Å².